The largest absolute Gasteiger partial charge is 0.318 e. The van der Waals surface area contributed by atoms with Crippen LogP contribution in [0.2, 0.25) is 5.02 Å². The van der Waals surface area contributed by atoms with Gasteiger partial charge in [0.2, 0.25) is 0 Å². The summed E-state index contributed by atoms with van der Waals surface area (Å²) >= 11 is 6.02. The lowest BCUT2D eigenvalue weighted by Gasteiger charge is -2.24. The summed E-state index contributed by atoms with van der Waals surface area (Å²) < 4.78 is 30.1. The fourth-order valence-corrected chi connectivity index (χ4v) is 5.66. The van der Waals surface area contributed by atoms with Crippen molar-refractivity contribution in [2.45, 2.75) is 32.6 Å². The Labute approximate surface area is 228 Å². The van der Waals surface area contributed by atoms with Gasteiger partial charge in [0.05, 0.1) is 16.8 Å². The summed E-state index contributed by atoms with van der Waals surface area (Å²) in [5, 5.41) is 4.77. The zero-order chi connectivity index (χ0) is 27.4. The van der Waals surface area contributed by atoms with Gasteiger partial charge in [-0.05, 0) is 82.3 Å². The average Bonchev–Trinajstić information content (AvgIpc) is 3.16. The Bertz CT molecular complexity index is 1570. The number of hydrazone groups is 1. The van der Waals surface area contributed by atoms with Crippen LogP contribution in [0.1, 0.15) is 28.1 Å². The first-order chi connectivity index (χ1) is 18.1. The Kier molecular flexibility index (Phi) is 8.04. The molecule has 0 saturated carbocycles. The maximum atomic E-state index is 13.5. The van der Waals surface area contributed by atoms with Gasteiger partial charge in [0.25, 0.3) is 15.9 Å². The molecule has 0 unspecified atom stereocenters. The summed E-state index contributed by atoms with van der Waals surface area (Å²) in [6, 6.07) is 23.0. The first-order valence-electron chi connectivity index (χ1n) is 12.0. The van der Waals surface area contributed by atoms with Crippen molar-refractivity contribution in [3.63, 3.8) is 0 Å². The Morgan fingerprint density at radius 3 is 2.11 bits per heavy atom. The van der Waals surface area contributed by atoms with Gasteiger partial charge in [0, 0.05) is 27.7 Å². The molecule has 9 heteroatoms. The molecule has 1 heterocycles. The van der Waals surface area contributed by atoms with E-state index in [0.29, 0.717) is 10.7 Å². The lowest BCUT2D eigenvalue weighted by atomic mass is 10.2. The Hall–Kier alpha value is -3.88. The predicted octanol–water partition coefficient (Wildman–Crippen LogP) is 5.71. The van der Waals surface area contributed by atoms with Crippen LogP contribution in [0.3, 0.4) is 0 Å². The minimum atomic E-state index is -3.99. The highest BCUT2D eigenvalue weighted by atomic mass is 35.5. The van der Waals surface area contributed by atoms with Gasteiger partial charge in [-0.15, -0.1) is 0 Å². The van der Waals surface area contributed by atoms with E-state index >= 15 is 0 Å². The van der Waals surface area contributed by atoms with Crippen molar-refractivity contribution < 1.29 is 13.2 Å². The Morgan fingerprint density at radius 2 is 1.50 bits per heavy atom. The maximum absolute atomic E-state index is 13.5. The van der Waals surface area contributed by atoms with Crippen molar-refractivity contribution in [2.75, 3.05) is 10.8 Å². The van der Waals surface area contributed by atoms with Crippen molar-refractivity contribution in [3.05, 3.63) is 112 Å². The van der Waals surface area contributed by atoms with E-state index in [4.69, 9.17) is 11.6 Å². The number of sulfonamides is 1. The number of anilines is 1. The fraction of sp³-hybridized carbons (Fsp3) is 0.172. The first kappa shape index (κ1) is 27.2. The molecule has 4 aromatic rings. The molecule has 1 amide bonds. The smallest absolute Gasteiger partial charge is 0.264 e. The van der Waals surface area contributed by atoms with Gasteiger partial charge in [-0.3, -0.25) is 9.10 Å². The molecule has 0 spiro atoms. The quantitative estimate of drug-likeness (QED) is 0.226. The third-order valence-corrected chi connectivity index (χ3v) is 8.21. The second-order valence-corrected chi connectivity index (χ2v) is 11.4. The van der Waals surface area contributed by atoms with E-state index in [1.165, 1.54) is 0 Å². The number of halogens is 1. The van der Waals surface area contributed by atoms with Crippen LogP contribution in [0, 0.1) is 27.7 Å². The molecule has 0 aliphatic rings. The predicted molar refractivity (Wildman–Crippen MR) is 153 cm³/mol. The number of aryl methyl sites for hydroxylation is 3. The number of carbonyl (C=O) groups excluding carboxylic acids is 1. The molecule has 1 aromatic heterocycles. The summed E-state index contributed by atoms with van der Waals surface area (Å²) in [5.41, 5.74) is 8.49. The highest BCUT2D eigenvalue weighted by Crippen LogP contribution is 2.25. The van der Waals surface area contributed by atoms with Gasteiger partial charge in [-0.1, -0.05) is 47.0 Å². The third kappa shape index (κ3) is 5.98. The monoisotopic (exact) mass is 548 g/mol. The lowest BCUT2D eigenvalue weighted by Crippen LogP contribution is -2.39. The van der Waals surface area contributed by atoms with Crippen molar-refractivity contribution in [2.24, 2.45) is 5.10 Å². The minimum Gasteiger partial charge on any atom is -0.318 e. The summed E-state index contributed by atoms with van der Waals surface area (Å²) in [7, 11) is -3.99. The second-order valence-electron chi connectivity index (χ2n) is 9.09. The molecule has 0 radical (unpaired) electrons. The fourth-order valence-electron chi connectivity index (χ4n) is 4.11. The van der Waals surface area contributed by atoms with Crippen LogP contribution < -0.4 is 9.73 Å². The third-order valence-electron chi connectivity index (χ3n) is 6.17. The molecule has 38 heavy (non-hydrogen) atoms. The van der Waals surface area contributed by atoms with Crippen LogP contribution in [0.15, 0.2) is 88.9 Å². The van der Waals surface area contributed by atoms with Crippen molar-refractivity contribution in [1.29, 1.82) is 0 Å². The van der Waals surface area contributed by atoms with Crippen LogP contribution in [-0.2, 0) is 14.8 Å². The second kappa shape index (κ2) is 11.2. The average molecular weight is 549 g/mol. The summed E-state index contributed by atoms with van der Waals surface area (Å²) in [6.45, 7) is 7.30. The number of benzene rings is 3. The van der Waals surface area contributed by atoms with Crippen molar-refractivity contribution in [1.82, 2.24) is 9.99 Å². The normalized spacial score (nSPS) is 11.6. The van der Waals surface area contributed by atoms with Gasteiger partial charge in [0.15, 0.2) is 0 Å². The van der Waals surface area contributed by atoms with Gasteiger partial charge in [-0.2, -0.15) is 5.10 Å². The lowest BCUT2D eigenvalue weighted by molar-refractivity contribution is -0.119. The first-order valence-corrected chi connectivity index (χ1v) is 13.8. The summed E-state index contributed by atoms with van der Waals surface area (Å²) in [4.78, 5) is 13.0. The van der Waals surface area contributed by atoms with E-state index in [0.717, 1.165) is 38.1 Å². The van der Waals surface area contributed by atoms with Crippen LogP contribution in [0.4, 0.5) is 5.69 Å². The Balaban J connectivity index is 1.54. The van der Waals surface area contributed by atoms with Gasteiger partial charge in [-0.25, -0.2) is 13.8 Å². The van der Waals surface area contributed by atoms with Crippen LogP contribution in [0.5, 0.6) is 0 Å². The van der Waals surface area contributed by atoms with E-state index < -0.39 is 22.5 Å². The molecular weight excluding hydrogens is 520 g/mol. The molecule has 4 rings (SSSR count). The molecule has 1 N–H and O–H groups in total. The molecule has 0 saturated heterocycles. The number of aromatic nitrogens is 1. The van der Waals surface area contributed by atoms with Crippen LogP contribution in [-0.4, -0.2) is 31.7 Å². The van der Waals surface area contributed by atoms with E-state index in [-0.39, 0.29) is 4.90 Å². The molecule has 0 bridgehead atoms. The van der Waals surface area contributed by atoms with E-state index in [1.807, 2.05) is 58.0 Å². The maximum Gasteiger partial charge on any atom is 0.264 e. The standard InChI is InChI=1S/C29H29ClN4O3S/c1-20-5-11-26(12-6-20)33(38(36,37)28-15-7-21(2)8-16-28)19-29(35)32-31-18-24-17-22(3)34(23(24)4)27-13-9-25(30)10-14-27/h5-18H,19H2,1-4H3,(H,32,35)/b31-18+. The van der Waals surface area contributed by atoms with E-state index in [9.17, 15) is 13.2 Å². The number of hydrogen-bond acceptors (Lipinski definition) is 4. The van der Waals surface area contributed by atoms with Crippen LogP contribution >= 0.6 is 11.6 Å². The topological polar surface area (TPSA) is 83.8 Å². The molecular formula is C29H29ClN4O3S. The van der Waals surface area contributed by atoms with E-state index in [2.05, 4.69) is 15.1 Å². The SMILES string of the molecule is Cc1ccc(N(CC(=O)N/N=C/c2cc(C)n(-c3ccc(Cl)cc3)c2C)S(=O)(=O)c2ccc(C)cc2)cc1. The molecule has 0 aliphatic heterocycles. The molecule has 0 atom stereocenters. The Morgan fingerprint density at radius 1 is 0.921 bits per heavy atom. The number of nitrogens with one attached hydrogen (secondary N) is 1. The molecule has 0 aliphatic carbocycles. The zero-order valence-electron chi connectivity index (χ0n) is 21.6. The highest BCUT2D eigenvalue weighted by Gasteiger charge is 2.27. The molecule has 196 valence electrons. The molecule has 0 fully saturated rings. The van der Waals surface area contributed by atoms with Crippen molar-refractivity contribution in [3.8, 4) is 5.69 Å². The van der Waals surface area contributed by atoms with Gasteiger partial charge in [0.1, 0.15) is 6.54 Å². The zero-order valence-corrected chi connectivity index (χ0v) is 23.2. The van der Waals surface area contributed by atoms with Gasteiger partial charge < -0.3 is 4.57 Å². The number of rotatable bonds is 8. The number of amides is 1. The van der Waals surface area contributed by atoms with Crippen LogP contribution in [0.25, 0.3) is 5.69 Å². The summed E-state index contributed by atoms with van der Waals surface area (Å²) in [6.07, 6.45) is 1.55. The van der Waals surface area contributed by atoms with Gasteiger partial charge >= 0.3 is 0 Å². The minimum absolute atomic E-state index is 0.106. The number of nitrogens with zero attached hydrogens (tertiary/aromatic N) is 3. The molecule has 7 nitrogen and oxygen atoms in total. The number of hydrogen-bond donors (Lipinski definition) is 1. The van der Waals surface area contributed by atoms with E-state index in [1.54, 1.807) is 54.7 Å². The highest BCUT2D eigenvalue weighted by molar-refractivity contribution is 7.92. The van der Waals surface area contributed by atoms with Crippen molar-refractivity contribution >= 4 is 39.4 Å². The summed E-state index contributed by atoms with van der Waals surface area (Å²) in [5.74, 6) is -0.566. The number of carbonyl (C=O) groups is 1. The molecule has 3 aromatic carbocycles.